The van der Waals surface area contributed by atoms with Gasteiger partial charge in [0.05, 0.1) is 6.61 Å². The number of carbonyl (C=O) groups is 2. The van der Waals surface area contributed by atoms with Crippen LogP contribution < -0.4 is 5.32 Å². The number of rotatable bonds is 9. The van der Waals surface area contributed by atoms with Crippen molar-refractivity contribution in [2.24, 2.45) is 28.6 Å². The summed E-state index contributed by atoms with van der Waals surface area (Å²) in [6.07, 6.45) is 9.44. The van der Waals surface area contributed by atoms with Crippen LogP contribution in [0.2, 0.25) is 16.6 Å². The van der Waals surface area contributed by atoms with Crippen LogP contribution in [-0.4, -0.2) is 38.8 Å². The third kappa shape index (κ3) is 4.74. The van der Waals surface area contributed by atoms with Crippen molar-refractivity contribution in [3.8, 4) is 0 Å². The van der Waals surface area contributed by atoms with Crippen LogP contribution in [0.4, 0.5) is 0 Å². The van der Waals surface area contributed by atoms with Gasteiger partial charge < -0.3 is 14.5 Å². The maximum atomic E-state index is 14.0. The molecule has 1 saturated heterocycles. The van der Waals surface area contributed by atoms with Crippen molar-refractivity contribution in [2.45, 2.75) is 136 Å². The molecular weight excluding hydrogens is 490 g/mol. The molecule has 0 radical (unpaired) electrons. The van der Waals surface area contributed by atoms with Crippen molar-refractivity contribution in [3.63, 3.8) is 0 Å². The van der Waals surface area contributed by atoms with E-state index in [9.17, 15) is 9.59 Å². The van der Waals surface area contributed by atoms with Gasteiger partial charge in [-0.15, -0.1) is 0 Å². The van der Waals surface area contributed by atoms with Gasteiger partial charge in [-0.3, -0.25) is 4.79 Å². The van der Waals surface area contributed by atoms with Crippen LogP contribution in [0.1, 0.15) is 114 Å². The van der Waals surface area contributed by atoms with Gasteiger partial charge in [-0.05, 0) is 78.0 Å². The summed E-state index contributed by atoms with van der Waals surface area (Å²) in [6, 6.07) is 0. The van der Waals surface area contributed by atoms with E-state index >= 15 is 0 Å². The van der Waals surface area contributed by atoms with Gasteiger partial charge in [-0.2, -0.15) is 0 Å². The topological polar surface area (TPSA) is 64.6 Å². The largest absolute Gasteiger partial charge is 0.463 e. The number of ketones is 1. The van der Waals surface area contributed by atoms with E-state index in [1.165, 1.54) is 5.70 Å². The number of hydrogen-bond donors (Lipinski definition) is 1. The van der Waals surface area contributed by atoms with Gasteiger partial charge in [-0.1, -0.05) is 68.7 Å². The Kier molecular flexibility index (Phi) is 8.39. The molecule has 4 rings (SSSR count). The lowest BCUT2D eigenvalue weighted by molar-refractivity contribution is -0.162. The van der Waals surface area contributed by atoms with Crippen molar-refractivity contribution < 1.29 is 18.8 Å². The Morgan fingerprint density at radius 2 is 1.71 bits per heavy atom. The van der Waals surface area contributed by atoms with Crippen LogP contribution in [0, 0.1) is 28.6 Å². The van der Waals surface area contributed by atoms with Crippen LogP contribution >= 0.6 is 0 Å². The molecule has 2 saturated carbocycles. The molecule has 6 heteroatoms. The van der Waals surface area contributed by atoms with E-state index in [2.05, 4.69) is 73.7 Å². The highest BCUT2D eigenvalue weighted by Gasteiger charge is 2.61. The van der Waals surface area contributed by atoms with E-state index in [-0.39, 0.29) is 16.8 Å². The van der Waals surface area contributed by atoms with Gasteiger partial charge in [0.1, 0.15) is 5.78 Å². The zero-order chi connectivity index (χ0) is 28.1. The third-order valence-electron chi connectivity index (χ3n) is 11.5. The lowest BCUT2D eigenvalue weighted by Crippen LogP contribution is -2.62. The molecule has 4 aliphatic rings. The van der Waals surface area contributed by atoms with Crippen LogP contribution in [0.25, 0.3) is 0 Å². The molecule has 1 N–H and O–H groups in total. The molecule has 3 aliphatic carbocycles. The van der Waals surface area contributed by atoms with Gasteiger partial charge in [0.25, 0.3) is 0 Å². The minimum Gasteiger partial charge on any atom is -0.463 e. The summed E-state index contributed by atoms with van der Waals surface area (Å²) < 4.78 is 13.3. The summed E-state index contributed by atoms with van der Waals surface area (Å²) >= 11 is 0. The number of unbranched alkanes of at least 4 members (excludes halogenated alkanes) is 1. The smallest absolute Gasteiger partial charge is 0.341 e. The van der Waals surface area contributed by atoms with Gasteiger partial charge in [0, 0.05) is 30.5 Å². The van der Waals surface area contributed by atoms with Crippen molar-refractivity contribution in [1.29, 1.82) is 0 Å². The molecule has 0 aromatic rings. The molecular formula is C32H55NO4Si. The predicted molar refractivity (Wildman–Crippen MR) is 156 cm³/mol. The second-order valence-corrected chi connectivity index (χ2v) is 20.0. The Morgan fingerprint density at radius 3 is 2.32 bits per heavy atom. The van der Waals surface area contributed by atoms with E-state index in [0.29, 0.717) is 53.2 Å². The maximum absolute atomic E-state index is 14.0. The third-order valence-corrected chi connectivity index (χ3v) is 17.6. The molecule has 0 spiro atoms. The molecule has 3 fully saturated rings. The lowest BCUT2D eigenvalue weighted by atomic mass is 9.50. The molecule has 5 nitrogen and oxygen atoms in total. The fourth-order valence-corrected chi connectivity index (χ4v) is 15.0. The van der Waals surface area contributed by atoms with Crippen LogP contribution in [0.3, 0.4) is 0 Å². The predicted octanol–water partition coefficient (Wildman–Crippen LogP) is 7.56. The van der Waals surface area contributed by atoms with E-state index in [0.717, 1.165) is 51.5 Å². The summed E-state index contributed by atoms with van der Waals surface area (Å²) in [5, 5.41) is 3.83. The highest BCUT2D eigenvalue weighted by molar-refractivity contribution is 6.77. The molecule has 0 aromatic heterocycles. The van der Waals surface area contributed by atoms with Crippen LogP contribution in [0.5, 0.6) is 0 Å². The normalized spacial score (nSPS) is 37.0. The minimum absolute atomic E-state index is 0.0237. The SMILES string of the molecule is CCCCOC(=O)[C@@]1(O[Si](C(C)C)(C(C)C)C(C)C)C=C2NC[C@H]3[C@@H]4CC(=O)C[C@@]4(C)CC[C@@H]3[C@@]2(C)CC1. The zero-order valence-electron chi connectivity index (χ0n) is 25.7. The Morgan fingerprint density at radius 1 is 1.05 bits per heavy atom. The number of esters is 1. The molecule has 38 heavy (non-hydrogen) atoms. The van der Waals surface area contributed by atoms with Gasteiger partial charge >= 0.3 is 5.97 Å². The van der Waals surface area contributed by atoms with Crippen molar-refractivity contribution in [3.05, 3.63) is 11.8 Å². The second kappa shape index (κ2) is 10.7. The Labute approximate surface area is 233 Å². The number of allylic oxidation sites excluding steroid dienone is 1. The standard InChI is InChI=1S/C32H55NO4Si/c1-10-11-16-36-29(35)32(37-38(21(2)3,22(4)5)23(6)7)15-14-31(9)26-12-13-30(8)18-24(34)17-27(30)25(26)20-33-28(31)19-32/h19,21-23,25-27,33H,10-18,20H2,1-9H3/t25-,26+,27+,30-,31-,32+/m1/s1. The van der Waals surface area contributed by atoms with Crippen molar-refractivity contribution in [2.75, 3.05) is 13.2 Å². The number of Topliss-reactive ketones (excluding diaryl/α,β-unsaturated/α-hetero) is 1. The Balaban J connectivity index is 1.72. The molecule has 0 unspecified atom stereocenters. The molecule has 1 heterocycles. The fourth-order valence-electron chi connectivity index (χ4n) is 9.44. The second-order valence-electron chi connectivity index (χ2n) is 14.6. The van der Waals surface area contributed by atoms with E-state index in [1.807, 2.05) is 0 Å². The number of nitrogens with one attached hydrogen (secondary N) is 1. The molecule has 1 aliphatic heterocycles. The highest BCUT2D eigenvalue weighted by atomic mass is 28.4. The number of piperidine rings is 1. The average molecular weight is 546 g/mol. The Bertz CT molecular complexity index is 922. The van der Waals surface area contributed by atoms with Crippen molar-refractivity contribution >= 4 is 20.1 Å². The molecule has 6 atom stereocenters. The summed E-state index contributed by atoms with van der Waals surface area (Å²) in [5.74, 6) is 1.79. The first-order chi connectivity index (χ1) is 17.8. The van der Waals surface area contributed by atoms with Crippen molar-refractivity contribution in [1.82, 2.24) is 5.32 Å². The molecule has 216 valence electrons. The van der Waals surface area contributed by atoms with Gasteiger partial charge in [0.2, 0.25) is 8.32 Å². The Hall–Kier alpha value is -1.14. The summed E-state index contributed by atoms with van der Waals surface area (Å²) in [5.41, 5.74) is 1.45. The first-order valence-corrected chi connectivity index (χ1v) is 17.8. The number of ether oxygens (including phenoxy) is 1. The number of fused-ring (bicyclic) bond motifs is 5. The highest BCUT2D eigenvalue weighted by Crippen LogP contribution is 2.63. The average Bonchev–Trinajstić information content (AvgIpc) is 3.16. The lowest BCUT2D eigenvalue weighted by Gasteiger charge is -2.59. The zero-order valence-corrected chi connectivity index (χ0v) is 26.7. The maximum Gasteiger partial charge on any atom is 0.341 e. The van der Waals surface area contributed by atoms with Gasteiger partial charge in [-0.25, -0.2) is 4.79 Å². The fraction of sp³-hybridized carbons (Fsp3) is 0.875. The quantitative estimate of drug-likeness (QED) is 0.184. The van der Waals surface area contributed by atoms with Crippen LogP contribution in [0.15, 0.2) is 11.8 Å². The summed E-state index contributed by atoms with van der Waals surface area (Å²) in [4.78, 5) is 26.5. The number of hydrogen-bond acceptors (Lipinski definition) is 5. The minimum atomic E-state index is -2.36. The van der Waals surface area contributed by atoms with Gasteiger partial charge in [0.15, 0.2) is 5.60 Å². The summed E-state index contributed by atoms with van der Waals surface area (Å²) in [7, 11) is -2.36. The van der Waals surface area contributed by atoms with E-state index in [4.69, 9.17) is 9.16 Å². The molecule has 0 bridgehead atoms. The number of carbonyl (C=O) groups excluding carboxylic acids is 2. The first-order valence-electron chi connectivity index (χ1n) is 15.6. The monoisotopic (exact) mass is 545 g/mol. The molecule has 0 aromatic carbocycles. The molecule has 0 amide bonds. The summed E-state index contributed by atoms with van der Waals surface area (Å²) in [6.45, 7) is 21.9. The van der Waals surface area contributed by atoms with E-state index < -0.39 is 13.9 Å². The first kappa shape index (κ1) is 29.8. The van der Waals surface area contributed by atoms with E-state index in [1.54, 1.807) is 0 Å². The van der Waals surface area contributed by atoms with Crippen LogP contribution in [-0.2, 0) is 18.8 Å².